The molecule has 1 aromatic carbocycles. The molecule has 0 radical (unpaired) electrons. The van der Waals surface area contributed by atoms with E-state index in [2.05, 4.69) is 16.9 Å². The fourth-order valence-electron chi connectivity index (χ4n) is 1.79. The molecule has 0 saturated carbocycles. The quantitative estimate of drug-likeness (QED) is 0.929. The van der Waals surface area contributed by atoms with Crippen molar-refractivity contribution in [1.29, 1.82) is 0 Å². The van der Waals surface area contributed by atoms with Gasteiger partial charge in [0.2, 0.25) is 5.91 Å². The Hall–Kier alpha value is -2.13. The molecule has 0 aliphatic heterocycles. The molecule has 0 bridgehead atoms. The van der Waals surface area contributed by atoms with E-state index in [1.54, 1.807) is 18.3 Å². The van der Waals surface area contributed by atoms with E-state index >= 15 is 0 Å². The van der Waals surface area contributed by atoms with Crippen LogP contribution in [0.25, 0.3) is 17.0 Å². The fourth-order valence-corrected chi connectivity index (χ4v) is 1.96. The number of amides is 1. The lowest BCUT2D eigenvalue weighted by Crippen LogP contribution is -2.17. The largest absolute Gasteiger partial charge is 0.326 e. The van der Waals surface area contributed by atoms with Crippen LogP contribution in [0.3, 0.4) is 0 Å². The normalized spacial score (nSPS) is 10.0. The first-order chi connectivity index (χ1) is 9.08. The third kappa shape index (κ3) is 3.20. The van der Waals surface area contributed by atoms with E-state index in [-0.39, 0.29) is 5.91 Å². The Bertz CT molecular complexity index is 623. The molecule has 1 aromatic heterocycles. The zero-order valence-corrected chi connectivity index (χ0v) is 11.2. The van der Waals surface area contributed by atoms with Crippen LogP contribution in [-0.2, 0) is 4.79 Å². The van der Waals surface area contributed by atoms with Gasteiger partial charge in [0.1, 0.15) is 0 Å². The maximum atomic E-state index is 11.1. The molecule has 0 aliphatic carbocycles. The van der Waals surface area contributed by atoms with E-state index in [0.717, 1.165) is 16.8 Å². The van der Waals surface area contributed by atoms with E-state index in [1.807, 2.05) is 24.3 Å². The standard InChI is InChI=1S/C15H13ClN2O/c1-10(18-11(2)19)14-9-12(16)6-7-13(14)15-5-3-4-8-17-15/h3-9H,1H2,2H3,(H,18,19). The van der Waals surface area contributed by atoms with Gasteiger partial charge >= 0.3 is 0 Å². The van der Waals surface area contributed by atoms with Crippen molar-refractivity contribution in [2.24, 2.45) is 0 Å². The summed E-state index contributed by atoms with van der Waals surface area (Å²) >= 11 is 6.01. The van der Waals surface area contributed by atoms with Crippen LogP contribution in [0.5, 0.6) is 0 Å². The molecule has 1 N–H and O–H groups in total. The lowest BCUT2D eigenvalue weighted by atomic mass is 10.0. The Morgan fingerprint density at radius 1 is 1.32 bits per heavy atom. The first kappa shape index (κ1) is 13.3. The average Bonchev–Trinajstić information content (AvgIpc) is 2.39. The minimum atomic E-state index is -0.169. The maximum Gasteiger partial charge on any atom is 0.221 e. The molecule has 0 fully saturated rings. The Morgan fingerprint density at radius 2 is 2.11 bits per heavy atom. The van der Waals surface area contributed by atoms with Gasteiger partial charge in [-0.05, 0) is 24.3 Å². The van der Waals surface area contributed by atoms with Crippen LogP contribution in [0.1, 0.15) is 12.5 Å². The molecule has 4 heteroatoms. The van der Waals surface area contributed by atoms with E-state index in [0.29, 0.717) is 10.7 Å². The van der Waals surface area contributed by atoms with Crippen molar-refractivity contribution in [3.8, 4) is 11.3 Å². The van der Waals surface area contributed by atoms with E-state index in [9.17, 15) is 4.79 Å². The molecule has 19 heavy (non-hydrogen) atoms. The minimum absolute atomic E-state index is 0.169. The monoisotopic (exact) mass is 272 g/mol. The summed E-state index contributed by atoms with van der Waals surface area (Å²) in [4.78, 5) is 15.4. The van der Waals surface area contributed by atoms with Crippen LogP contribution in [-0.4, -0.2) is 10.9 Å². The average molecular weight is 273 g/mol. The van der Waals surface area contributed by atoms with Crippen molar-refractivity contribution < 1.29 is 4.79 Å². The van der Waals surface area contributed by atoms with Gasteiger partial charge in [-0.15, -0.1) is 0 Å². The zero-order chi connectivity index (χ0) is 13.8. The Kier molecular flexibility index (Phi) is 3.97. The summed E-state index contributed by atoms with van der Waals surface area (Å²) in [6, 6.07) is 11.1. The van der Waals surface area contributed by atoms with Crippen molar-refractivity contribution in [1.82, 2.24) is 10.3 Å². The highest BCUT2D eigenvalue weighted by atomic mass is 35.5. The van der Waals surface area contributed by atoms with Gasteiger partial charge in [0.05, 0.1) is 5.69 Å². The molecule has 2 rings (SSSR count). The lowest BCUT2D eigenvalue weighted by molar-refractivity contribution is -0.117. The second kappa shape index (κ2) is 5.67. The number of nitrogens with zero attached hydrogens (tertiary/aromatic N) is 1. The third-order valence-corrected chi connectivity index (χ3v) is 2.81. The number of carbonyl (C=O) groups is 1. The SMILES string of the molecule is C=C(NC(C)=O)c1cc(Cl)ccc1-c1ccccn1. The first-order valence-electron chi connectivity index (χ1n) is 5.76. The highest BCUT2D eigenvalue weighted by Gasteiger charge is 2.10. The minimum Gasteiger partial charge on any atom is -0.326 e. The summed E-state index contributed by atoms with van der Waals surface area (Å²) in [6.45, 7) is 5.31. The van der Waals surface area contributed by atoms with Gasteiger partial charge in [-0.1, -0.05) is 30.3 Å². The number of nitrogens with one attached hydrogen (secondary N) is 1. The number of benzene rings is 1. The first-order valence-corrected chi connectivity index (χ1v) is 6.13. The topological polar surface area (TPSA) is 42.0 Å². The second-order valence-corrected chi connectivity index (χ2v) is 4.50. The molecular formula is C15H13ClN2O. The fraction of sp³-hybridized carbons (Fsp3) is 0.0667. The summed E-state index contributed by atoms with van der Waals surface area (Å²) < 4.78 is 0. The molecular weight excluding hydrogens is 260 g/mol. The predicted molar refractivity (Wildman–Crippen MR) is 77.5 cm³/mol. The molecule has 1 amide bonds. The molecule has 0 atom stereocenters. The zero-order valence-electron chi connectivity index (χ0n) is 10.5. The number of rotatable bonds is 3. The van der Waals surface area contributed by atoms with Gasteiger partial charge in [-0.3, -0.25) is 9.78 Å². The molecule has 96 valence electrons. The van der Waals surface area contributed by atoms with Gasteiger partial charge in [0.15, 0.2) is 0 Å². The number of hydrogen-bond acceptors (Lipinski definition) is 2. The van der Waals surface area contributed by atoms with Crippen LogP contribution in [0.4, 0.5) is 0 Å². The van der Waals surface area contributed by atoms with Crippen molar-refractivity contribution in [2.45, 2.75) is 6.92 Å². The number of aromatic nitrogens is 1. The summed E-state index contributed by atoms with van der Waals surface area (Å²) in [5, 5.41) is 3.26. The van der Waals surface area contributed by atoms with Gasteiger partial charge < -0.3 is 5.32 Å². The number of carbonyl (C=O) groups excluding carboxylic acids is 1. The van der Waals surface area contributed by atoms with Crippen LogP contribution in [0, 0.1) is 0 Å². The number of halogens is 1. The smallest absolute Gasteiger partial charge is 0.221 e. The van der Waals surface area contributed by atoms with Crippen LogP contribution < -0.4 is 5.32 Å². The van der Waals surface area contributed by atoms with Gasteiger partial charge in [-0.25, -0.2) is 0 Å². The molecule has 0 aliphatic rings. The molecule has 3 nitrogen and oxygen atoms in total. The predicted octanol–water partition coefficient (Wildman–Crippen LogP) is 3.51. The summed E-state index contributed by atoms with van der Waals surface area (Å²) in [5.74, 6) is -0.169. The molecule has 1 heterocycles. The molecule has 2 aromatic rings. The van der Waals surface area contributed by atoms with Gasteiger partial charge in [0.25, 0.3) is 0 Å². The van der Waals surface area contributed by atoms with Crippen molar-refractivity contribution in [3.05, 3.63) is 59.8 Å². The molecule has 0 saturated heterocycles. The number of pyridine rings is 1. The Morgan fingerprint density at radius 3 is 2.74 bits per heavy atom. The van der Waals surface area contributed by atoms with Crippen molar-refractivity contribution >= 4 is 23.2 Å². The van der Waals surface area contributed by atoms with Crippen LogP contribution in [0.15, 0.2) is 49.2 Å². The van der Waals surface area contributed by atoms with Gasteiger partial charge in [-0.2, -0.15) is 0 Å². The van der Waals surface area contributed by atoms with E-state index in [1.165, 1.54) is 6.92 Å². The van der Waals surface area contributed by atoms with E-state index < -0.39 is 0 Å². The highest BCUT2D eigenvalue weighted by molar-refractivity contribution is 6.30. The Balaban J connectivity index is 2.50. The highest BCUT2D eigenvalue weighted by Crippen LogP contribution is 2.28. The van der Waals surface area contributed by atoms with Crippen LogP contribution >= 0.6 is 11.6 Å². The van der Waals surface area contributed by atoms with Crippen LogP contribution in [0.2, 0.25) is 5.02 Å². The Labute approximate surface area is 116 Å². The molecule has 0 spiro atoms. The summed E-state index contributed by atoms with van der Waals surface area (Å²) in [7, 11) is 0. The number of hydrogen-bond donors (Lipinski definition) is 1. The second-order valence-electron chi connectivity index (χ2n) is 4.06. The van der Waals surface area contributed by atoms with Gasteiger partial charge in [0, 0.05) is 35.0 Å². The summed E-state index contributed by atoms with van der Waals surface area (Å²) in [5.41, 5.74) is 2.96. The lowest BCUT2D eigenvalue weighted by Gasteiger charge is -2.12. The molecule has 0 unspecified atom stereocenters. The third-order valence-electron chi connectivity index (χ3n) is 2.57. The maximum absolute atomic E-state index is 11.1. The van der Waals surface area contributed by atoms with Crippen molar-refractivity contribution in [3.63, 3.8) is 0 Å². The van der Waals surface area contributed by atoms with E-state index in [4.69, 9.17) is 11.6 Å². The van der Waals surface area contributed by atoms with Crippen molar-refractivity contribution in [2.75, 3.05) is 0 Å². The summed E-state index contributed by atoms with van der Waals surface area (Å²) in [6.07, 6.45) is 1.72.